The highest BCUT2D eigenvalue weighted by Crippen LogP contribution is 2.44. The van der Waals surface area contributed by atoms with Gasteiger partial charge in [0.1, 0.15) is 18.3 Å². The predicted octanol–water partition coefficient (Wildman–Crippen LogP) is 3.77. The van der Waals surface area contributed by atoms with E-state index in [-0.39, 0.29) is 31.3 Å². The molecule has 3 aromatic carbocycles. The number of hydrogen-bond donors (Lipinski definition) is 3. The number of aliphatic carboxylic acids is 1. The summed E-state index contributed by atoms with van der Waals surface area (Å²) < 4.78 is 6.95. The SMILES string of the molecule is CN(Cc1ccccc1)CC(NC(=O)c1c(CNC(=O)OCC2c3ccccc3-c3ccccc32)cnn1C)C(=O)O. The van der Waals surface area contributed by atoms with Crippen LogP contribution in [0, 0.1) is 0 Å². The fraction of sp³-hybridized carbons (Fsp3) is 0.250. The summed E-state index contributed by atoms with van der Waals surface area (Å²) in [6.45, 7) is 0.776. The maximum Gasteiger partial charge on any atom is 0.407 e. The minimum atomic E-state index is -1.15. The molecule has 2 amide bonds. The number of nitrogens with one attached hydrogen (secondary N) is 2. The molecule has 216 valence electrons. The van der Waals surface area contributed by atoms with Crippen LogP contribution in [0.25, 0.3) is 11.1 Å². The maximum atomic E-state index is 13.2. The molecule has 1 unspecified atom stereocenters. The Labute approximate surface area is 243 Å². The number of aromatic nitrogens is 2. The average molecular weight is 568 g/mol. The summed E-state index contributed by atoms with van der Waals surface area (Å²) in [5, 5.41) is 19.2. The third-order valence-corrected chi connectivity index (χ3v) is 7.39. The van der Waals surface area contributed by atoms with E-state index in [1.165, 1.54) is 10.9 Å². The molecule has 0 saturated carbocycles. The predicted molar refractivity (Wildman–Crippen MR) is 157 cm³/mol. The molecule has 4 aromatic rings. The Morgan fingerprint density at radius 3 is 2.24 bits per heavy atom. The number of carbonyl (C=O) groups excluding carboxylic acids is 2. The molecular weight excluding hydrogens is 534 g/mol. The number of rotatable bonds is 11. The van der Waals surface area contributed by atoms with Gasteiger partial charge in [-0.3, -0.25) is 14.4 Å². The van der Waals surface area contributed by atoms with Gasteiger partial charge in [-0.05, 0) is 34.9 Å². The van der Waals surface area contributed by atoms with Crippen molar-refractivity contribution in [2.75, 3.05) is 20.2 Å². The zero-order chi connectivity index (χ0) is 29.6. The number of carbonyl (C=O) groups is 3. The van der Waals surface area contributed by atoms with Crippen LogP contribution in [-0.4, -0.2) is 64.0 Å². The smallest absolute Gasteiger partial charge is 0.407 e. The van der Waals surface area contributed by atoms with Gasteiger partial charge in [0.2, 0.25) is 0 Å². The van der Waals surface area contributed by atoms with Crippen molar-refractivity contribution < 1.29 is 24.2 Å². The number of amides is 2. The molecule has 0 spiro atoms. The molecule has 1 atom stereocenters. The highest BCUT2D eigenvalue weighted by atomic mass is 16.5. The molecule has 0 saturated heterocycles. The second-order valence-electron chi connectivity index (χ2n) is 10.4. The van der Waals surface area contributed by atoms with Gasteiger partial charge in [0.15, 0.2) is 0 Å². The van der Waals surface area contributed by atoms with Crippen molar-refractivity contribution in [3.63, 3.8) is 0 Å². The molecule has 1 aromatic heterocycles. The summed E-state index contributed by atoms with van der Waals surface area (Å²) in [6, 6.07) is 24.7. The molecule has 10 nitrogen and oxygen atoms in total. The standard InChI is InChI=1S/C32H33N5O5/c1-36(18-21-10-4-3-5-11-21)19-28(31(39)40)35-30(38)29-22(17-34-37(29)2)16-33-32(41)42-20-27-25-14-8-6-12-23(25)24-13-7-9-15-26(24)27/h3-15,17,27-28H,16,18-20H2,1-2H3,(H,33,41)(H,35,38)(H,39,40). The fourth-order valence-corrected chi connectivity index (χ4v) is 5.41. The number of alkyl carbamates (subject to hydrolysis) is 1. The van der Waals surface area contributed by atoms with Gasteiger partial charge in [0.05, 0.1) is 12.7 Å². The molecule has 10 heteroatoms. The highest BCUT2D eigenvalue weighted by molar-refractivity contribution is 5.96. The van der Waals surface area contributed by atoms with E-state index < -0.39 is 24.0 Å². The number of carboxylic acids is 1. The number of aryl methyl sites for hydroxylation is 1. The maximum absolute atomic E-state index is 13.2. The molecule has 0 aliphatic heterocycles. The molecule has 3 N–H and O–H groups in total. The minimum absolute atomic E-state index is 0.0150. The normalized spacial score (nSPS) is 12.8. The van der Waals surface area contributed by atoms with Crippen molar-refractivity contribution in [1.29, 1.82) is 0 Å². The molecule has 0 bridgehead atoms. The van der Waals surface area contributed by atoms with Crippen LogP contribution in [-0.2, 0) is 29.7 Å². The molecule has 0 radical (unpaired) electrons. The number of likely N-dealkylation sites (N-methyl/N-ethyl adjacent to an activating group) is 1. The van der Waals surface area contributed by atoms with Crippen LogP contribution in [0.4, 0.5) is 4.79 Å². The van der Waals surface area contributed by atoms with Gasteiger partial charge in [0, 0.05) is 31.6 Å². The number of benzene rings is 3. The van der Waals surface area contributed by atoms with Crippen molar-refractivity contribution in [3.8, 4) is 11.1 Å². The number of nitrogens with zero attached hydrogens (tertiary/aromatic N) is 3. The van der Waals surface area contributed by atoms with E-state index in [0.29, 0.717) is 12.1 Å². The minimum Gasteiger partial charge on any atom is -0.480 e. The Balaban J connectivity index is 1.18. The van der Waals surface area contributed by atoms with Gasteiger partial charge in [0.25, 0.3) is 5.91 Å². The Morgan fingerprint density at radius 1 is 0.976 bits per heavy atom. The summed E-state index contributed by atoms with van der Waals surface area (Å²) in [5.41, 5.74) is 6.12. The van der Waals surface area contributed by atoms with E-state index in [1.54, 1.807) is 14.1 Å². The topological polar surface area (TPSA) is 126 Å². The monoisotopic (exact) mass is 567 g/mol. The summed E-state index contributed by atoms with van der Waals surface area (Å²) in [6.07, 6.45) is 0.841. The highest BCUT2D eigenvalue weighted by Gasteiger charge is 2.29. The summed E-state index contributed by atoms with van der Waals surface area (Å²) in [5.74, 6) is -1.82. The molecule has 1 aliphatic carbocycles. The van der Waals surface area contributed by atoms with Crippen molar-refractivity contribution in [2.24, 2.45) is 7.05 Å². The van der Waals surface area contributed by atoms with Gasteiger partial charge in [-0.25, -0.2) is 9.59 Å². The first-order valence-electron chi connectivity index (χ1n) is 13.7. The Hall–Kier alpha value is -4.96. The van der Waals surface area contributed by atoms with Crippen molar-refractivity contribution in [2.45, 2.75) is 25.0 Å². The van der Waals surface area contributed by atoms with E-state index in [1.807, 2.05) is 71.6 Å². The lowest BCUT2D eigenvalue weighted by Gasteiger charge is -2.22. The van der Waals surface area contributed by atoms with Crippen LogP contribution in [0.5, 0.6) is 0 Å². The van der Waals surface area contributed by atoms with Crippen LogP contribution < -0.4 is 10.6 Å². The Morgan fingerprint density at radius 2 is 1.60 bits per heavy atom. The summed E-state index contributed by atoms with van der Waals surface area (Å²) >= 11 is 0. The van der Waals surface area contributed by atoms with Gasteiger partial charge in [-0.1, -0.05) is 78.9 Å². The largest absolute Gasteiger partial charge is 0.480 e. The van der Waals surface area contributed by atoms with Crippen LogP contribution in [0.1, 0.15) is 38.7 Å². The first-order valence-corrected chi connectivity index (χ1v) is 13.7. The van der Waals surface area contributed by atoms with Crippen molar-refractivity contribution in [3.05, 3.63) is 113 Å². The number of fused-ring (bicyclic) bond motifs is 3. The van der Waals surface area contributed by atoms with E-state index in [2.05, 4.69) is 27.9 Å². The Kier molecular flexibility index (Phi) is 8.63. The molecule has 42 heavy (non-hydrogen) atoms. The van der Waals surface area contributed by atoms with Crippen molar-refractivity contribution >= 4 is 18.0 Å². The molecule has 0 fully saturated rings. The molecular formula is C32H33N5O5. The average Bonchev–Trinajstić information content (AvgIpc) is 3.52. The quantitative estimate of drug-likeness (QED) is 0.252. The van der Waals surface area contributed by atoms with Crippen LogP contribution in [0.2, 0.25) is 0 Å². The van der Waals surface area contributed by atoms with Crippen LogP contribution >= 0.6 is 0 Å². The molecule has 5 rings (SSSR count). The second-order valence-corrected chi connectivity index (χ2v) is 10.4. The fourth-order valence-electron chi connectivity index (χ4n) is 5.41. The van der Waals surface area contributed by atoms with Gasteiger partial charge >= 0.3 is 12.1 Å². The van der Waals surface area contributed by atoms with E-state index in [9.17, 15) is 19.5 Å². The van der Waals surface area contributed by atoms with Crippen molar-refractivity contribution in [1.82, 2.24) is 25.3 Å². The molecule has 1 heterocycles. The number of carboxylic acid groups (broad SMARTS) is 1. The zero-order valence-corrected chi connectivity index (χ0v) is 23.5. The summed E-state index contributed by atoms with van der Waals surface area (Å²) in [4.78, 5) is 39.7. The summed E-state index contributed by atoms with van der Waals surface area (Å²) in [7, 11) is 3.38. The van der Waals surface area contributed by atoms with Gasteiger partial charge in [-0.15, -0.1) is 0 Å². The molecule has 1 aliphatic rings. The van der Waals surface area contributed by atoms with E-state index in [4.69, 9.17) is 4.74 Å². The first-order chi connectivity index (χ1) is 20.3. The Bertz CT molecular complexity index is 1540. The van der Waals surface area contributed by atoms with E-state index >= 15 is 0 Å². The van der Waals surface area contributed by atoms with Gasteiger partial charge < -0.3 is 20.5 Å². The lowest BCUT2D eigenvalue weighted by Crippen LogP contribution is -2.48. The van der Waals surface area contributed by atoms with E-state index in [0.717, 1.165) is 27.8 Å². The third-order valence-electron chi connectivity index (χ3n) is 7.39. The zero-order valence-electron chi connectivity index (χ0n) is 23.5. The number of hydrogen-bond acceptors (Lipinski definition) is 6. The van der Waals surface area contributed by atoms with Crippen LogP contribution in [0.3, 0.4) is 0 Å². The third kappa shape index (κ3) is 6.34. The first kappa shape index (κ1) is 28.6. The number of ether oxygens (including phenoxy) is 1. The van der Waals surface area contributed by atoms with Crippen LogP contribution in [0.15, 0.2) is 85.1 Å². The lowest BCUT2D eigenvalue weighted by molar-refractivity contribution is -0.139. The van der Waals surface area contributed by atoms with Gasteiger partial charge in [-0.2, -0.15) is 5.10 Å². The second kappa shape index (κ2) is 12.7. The lowest BCUT2D eigenvalue weighted by atomic mass is 9.98.